The minimum atomic E-state index is -4.17. The largest absolute Gasteiger partial charge is 0.326 e. The number of carbonyl (C=O) groups excluding carboxylic acids is 2. The third-order valence-electron chi connectivity index (χ3n) is 5.82. The number of carbonyl (C=O) groups is 2. The lowest BCUT2D eigenvalue weighted by molar-refractivity contribution is -0.122. The average molecular weight is 478 g/mol. The van der Waals surface area contributed by atoms with Crippen molar-refractivity contribution in [1.82, 2.24) is 0 Å². The van der Waals surface area contributed by atoms with Crippen molar-refractivity contribution in [3.05, 3.63) is 82.9 Å². The summed E-state index contributed by atoms with van der Waals surface area (Å²) in [5.41, 5.74) is 4.45. The molecule has 8 heteroatoms. The third-order valence-corrected chi connectivity index (χ3v) is 7.95. The summed E-state index contributed by atoms with van der Waals surface area (Å²) in [6.07, 6.45) is -0.336. The van der Waals surface area contributed by atoms with Gasteiger partial charge in [-0.05, 0) is 63.1 Å². The van der Waals surface area contributed by atoms with Gasteiger partial charge in [-0.1, -0.05) is 47.5 Å². The molecule has 0 radical (unpaired) electrons. The van der Waals surface area contributed by atoms with E-state index in [0.717, 1.165) is 15.4 Å². The van der Waals surface area contributed by atoms with E-state index in [4.69, 9.17) is 0 Å². The van der Waals surface area contributed by atoms with E-state index >= 15 is 0 Å². The van der Waals surface area contributed by atoms with Gasteiger partial charge >= 0.3 is 0 Å². The number of nitrogens with zero attached hydrogens (tertiary/aromatic N) is 1. The molecule has 3 aromatic carbocycles. The highest BCUT2D eigenvalue weighted by Crippen LogP contribution is 2.38. The predicted molar refractivity (Wildman–Crippen MR) is 134 cm³/mol. The highest BCUT2D eigenvalue weighted by molar-refractivity contribution is 7.93. The SMILES string of the molecule is Cc1ccc(NC(=O)CC2C(=O)Nc3ccccc3N2S(=O)(=O)c2c(C)cc(C)cc2C)cc1. The zero-order valence-electron chi connectivity index (χ0n) is 19.5. The van der Waals surface area contributed by atoms with Gasteiger partial charge in [0.15, 0.2) is 0 Å². The molecule has 0 saturated heterocycles. The Balaban J connectivity index is 1.77. The minimum Gasteiger partial charge on any atom is -0.326 e. The minimum absolute atomic E-state index is 0.145. The van der Waals surface area contributed by atoms with Crippen LogP contribution in [0.5, 0.6) is 0 Å². The van der Waals surface area contributed by atoms with Crippen molar-refractivity contribution in [1.29, 1.82) is 0 Å². The maximum absolute atomic E-state index is 14.1. The maximum atomic E-state index is 14.1. The summed E-state index contributed by atoms with van der Waals surface area (Å²) in [6, 6.07) is 16.3. The standard InChI is InChI=1S/C26H27N3O4S/c1-16-9-11-20(12-10-16)27-24(30)15-23-26(31)28-21-7-5-6-8-22(21)29(23)34(32,33)25-18(3)13-17(2)14-19(25)4/h5-14,23H,15H2,1-4H3,(H,27,30)(H,28,31). The fourth-order valence-corrected chi connectivity index (χ4v) is 6.48. The molecular weight excluding hydrogens is 450 g/mol. The Morgan fingerprint density at radius 1 is 0.941 bits per heavy atom. The van der Waals surface area contributed by atoms with Gasteiger partial charge in [-0.2, -0.15) is 0 Å². The Morgan fingerprint density at radius 3 is 2.21 bits per heavy atom. The first kappa shape index (κ1) is 23.5. The first-order valence-corrected chi connectivity index (χ1v) is 12.4. The van der Waals surface area contributed by atoms with E-state index < -0.39 is 27.9 Å². The van der Waals surface area contributed by atoms with Crippen LogP contribution in [0.15, 0.2) is 65.6 Å². The zero-order valence-corrected chi connectivity index (χ0v) is 20.4. The molecule has 7 nitrogen and oxygen atoms in total. The fraction of sp³-hybridized carbons (Fsp3) is 0.231. The smallest absolute Gasteiger partial charge is 0.265 e. The number of para-hydroxylation sites is 2. The zero-order chi connectivity index (χ0) is 24.6. The molecule has 1 atom stereocenters. The second-order valence-electron chi connectivity index (χ2n) is 8.67. The van der Waals surface area contributed by atoms with Crippen LogP contribution in [-0.2, 0) is 19.6 Å². The van der Waals surface area contributed by atoms with E-state index in [0.29, 0.717) is 28.2 Å². The van der Waals surface area contributed by atoms with E-state index in [1.807, 2.05) is 26.0 Å². The van der Waals surface area contributed by atoms with Crippen molar-refractivity contribution in [2.45, 2.75) is 45.1 Å². The van der Waals surface area contributed by atoms with Crippen molar-refractivity contribution < 1.29 is 18.0 Å². The van der Waals surface area contributed by atoms with E-state index in [2.05, 4.69) is 10.6 Å². The maximum Gasteiger partial charge on any atom is 0.265 e. The van der Waals surface area contributed by atoms with Gasteiger partial charge < -0.3 is 10.6 Å². The quantitative estimate of drug-likeness (QED) is 0.567. The number of nitrogens with one attached hydrogen (secondary N) is 2. The Morgan fingerprint density at radius 2 is 1.56 bits per heavy atom. The molecule has 1 aliphatic heterocycles. The Kier molecular flexibility index (Phi) is 6.18. The van der Waals surface area contributed by atoms with Crippen LogP contribution in [0.2, 0.25) is 0 Å². The molecule has 2 amide bonds. The van der Waals surface area contributed by atoms with Gasteiger partial charge in [0, 0.05) is 5.69 Å². The molecule has 0 spiro atoms. The molecule has 1 unspecified atom stereocenters. The van der Waals surface area contributed by atoms with E-state index in [1.165, 1.54) is 0 Å². The lowest BCUT2D eigenvalue weighted by Crippen LogP contribution is -2.52. The first-order chi connectivity index (χ1) is 16.1. The molecule has 0 fully saturated rings. The van der Waals surface area contributed by atoms with Crippen LogP contribution in [-0.4, -0.2) is 26.3 Å². The molecule has 3 aromatic rings. The predicted octanol–water partition coefficient (Wildman–Crippen LogP) is 4.47. The highest BCUT2D eigenvalue weighted by atomic mass is 32.2. The Hall–Kier alpha value is -3.65. The molecule has 4 rings (SSSR count). The average Bonchev–Trinajstić information content (AvgIpc) is 2.74. The van der Waals surface area contributed by atoms with Crippen LogP contribution in [0.25, 0.3) is 0 Å². The number of anilines is 3. The second kappa shape index (κ2) is 8.95. The molecule has 0 bridgehead atoms. The highest BCUT2D eigenvalue weighted by Gasteiger charge is 2.42. The van der Waals surface area contributed by atoms with Gasteiger partial charge in [-0.25, -0.2) is 8.42 Å². The molecular formula is C26H27N3O4S. The summed E-state index contributed by atoms with van der Waals surface area (Å²) < 4.78 is 29.2. The number of fused-ring (bicyclic) bond motifs is 1. The second-order valence-corrected chi connectivity index (χ2v) is 10.4. The van der Waals surface area contributed by atoms with E-state index in [9.17, 15) is 18.0 Å². The molecule has 1 heterocycles. The van der Waals surface area contributed by atoms with Gasteiger partial charge in [-0.15, -0.1) is 0 Å². The van der Waals surface area contributed by atoms with Crippen LogP contribution < -0.4 is 14.9 Å². The van der Waals surface area contributed by atoms with E-state index in [-0.39, 0.29) is 11.3 Å². The van der Waals surface area contributed by atoms with Crippen LogP contribution in [0.3, 0.4) is 0 Å². The van der Waals surface area contributed by atoms with Crippen LogP contribution in [0.4, 0.5) is 17.1 Å². The summed E-state index contributed by atoms with van der Waals surface area (Å²) in [4.78, 5) is 26.1. The number of sulfonamides is 1. The van der Waals surface area contributed by atoms with Gasteiger partial charge in [0.25, 0.3) is 10.0 Å². The number of hydrogen-bond donors (Lipinski definition) is 2. The molecule has 176 valence electrons. The number of rotatable bonds is 5. The van der Waals surface area contributed by atoms with Gasteiger partial charge in [0.2, 0.25) is 11.8 Å². The Bertz CT molecular complexity index is 1360. The molecule has 0 aliphatic carbocycles. The number of amides is 2. The molecule has 2 N–H and O–H groups in total. The van der Waals surface area contributed by atoms with Crippen molar-refractivity contribution in [3.63, 3.8) is 0 Å². The topological polar surface area (TPSA) is 95.6 Å². The molecule has 0 saturated carbocycles. The van der Waals surface area contributed by atoms with Crippen molar-refractivity contribution >= 4 is 38.9 Å². The van der Waals surface area contributed by atoms with Crippen molar-refractivity contribution in [2.24, 2.45) is 0 Å². The van der Waals surface area contributed by atoms with Crippen LogP contribution in [0.1, 0.15) is 28.7 Å². The van der Waals surface area contributed by atoms with Crippen molar-refractivity contribution in [3.8, 4) is 0 Å². The van der Waals surface area contributed by atoms with Gasteiger partial charge in [0.1, 0.15) is 6.04 Å². The van der Waals surface area contributed by atoms with Gasteiger partial charge in [-0.3, -0.25) is 13.9 Å². The molecule has 1 aliphatic rings. The first-order valence-electron chi connectivity index (χ1n) is 11.0. The third kappa shape index (κ3) is 4.41. The lowest BCUT2D eigenvalue weighted by atomic mass is 10.1. The number of aryl methyl sites for hydroxylation is 4. The monoisotopic (exact) mass is 477 g/mol. The summed E-state index contributed by atoms with van der Waals surface area (Å²) in [5.74, 6) is -1.01. The number of benzene rings is 3. The summed E-state index contributed by atoms with van der Waals surface area (Å²) in [6.45, 7) is 7.31. The van der Waals surface area contributed by atoms with Crippen molar-refractivity contribution in [2.75, 3.05) is 14.9 Å². The van der Waals surface area contributed by atoms with E-state index in [1.54, 1.807) is 62.4 Å². The lowest BCUT2D eigenvalue weighted by Gasteiger charge is -2.37. The fourth-order valence-electron chi connectivity index (χ4n) is 4.43. The molecule has 0 aromatic heterocycles. The van der Waals surface area contributed by atoms with Crippen LogP contribution in [0, 0.1) is 27.7 Å². The normalized spacial score (nSPS) is 15.5. The van der Waals surface area contributed by atoms with Crippen LogP contribution >= 0.6 is 0 Å². The number of hydrogen-bond acceptors (Lipinski definition) is 4. The molecule has 34 heavy (non-hydrogen) atoms. The summed E-state index contributed by atoms with van der Waals surface area (Å²) in [7, 11) is -4.17. The van der Waals surface area contributed by atoms with Gasteiger partial charge in [0.05, 0.1) is 22.7 Å². The Labute approximate surface area is 199 Å². The summed E-state index contributed by atoms with van der Waals surface area (Å²) >= 11 is 0. The summed E-state index contributed by atoms with van der Waals surface area (Å²) in [5, 5.41) is 5.52.